The number of carbonyl (C=O) groups is 2. The summed E-state index contributed by atoms with van der Waals surface area (Å²) < 4.78 is 0. The van der Waals surface area contributed by atoms with E-state index in [1.165, 1.54) is 38.5 Å². The molecule has 0 unspecified atom stereocenters. The van der Waals surface area contributed by atoms with Crippen LogP contribution in [0.2, 0.25) is 0 Å². The maximum absolute atomic E-state index is 12.7. The molecule has 0 aromatic heterocycles. The van der Waals surface area contributed by atoms with Crippen LogP contribution in [0.3, 0.4) is 0 Å². The Balaban J connectivity index is 1.46. The summed E-state index contributed by atoms with van der Waals surface area (Å²) in [5.74, 6) is -0.439. The van der Waals surface area contributed by atoms with Crippen LogP contribution in [0.4, 0.5) is 17.1 Å². The van der Waals surface area contributed by atoms with Crippen LogP contribution >= 0.6 is 0 Å². The minimum absolute atomic E-state index is 0.201. The molecule has 3 heterocycles. The summed E-state index contributed by atoms with van der Waals surface area (Å²) in [7, 11) is 0. The summed E-state index contributed by atoms with van der Waals surface area (Å²) in [6.07, 6.45) is 2.44. The first-order chi connectivity index (χ1) is 13.6. The molecule has 0 atom stereocenters. The lowest BCUT2D eigenvalue weighted by Gasteiger charge is -2.33. The van der Waals surface area contributed by atoms with Gasteiger partial charge in [0.15, 0.2) is 0 Å². The summed E-state index contributed by atoms with van der Waals surface area (Å²) in [5, 5.41) is 5.63. The van der Waals surface area contributed by atoms with Crippen LogP contribution in [-0.4, -0.2) is 48.9 Å². The van der Waals surface area contributed by atoms with Crippen molar-refractivity contribution < 1.29 is 9.59 Å². The molecule has 28 heavy (non-hydrogen) atoms. The average Bonchev–Trinajstić information content (AvgIpc) is 3.02. The van der Waals surface area contributed by atoms with E-state index in [-0.39, 0.29) is 11.8 Å². The largest absolute Gasteiger partial charge is 0.367 e. The Bertz CT molecular complexity index is 857. The first kappa shape index (κ1) is 18.5. The molecule has 5 rings (SSSR count). The highest BCUT2D eigenvalue weighted by Crippen LogP contribution is 2.28. The molecule has 6 nitrogen and oxygen atoms in total. The number of fused-ring (bicyclic) bond motifs is 4. The lowest BCUT2D eigenvalue weighted by atomic mass is 10.0. The zero-order chi connectivity index (χ0) is 19.5. The van der Waals surface area contributed by atoms with Gasteiger partial charge in [0.25, 0.3) is 5.91 Å². The van der Waals surface area contributed by atoms with Gasteiger partial charge in [-0.15, -0.1) is 0 Å². The SMILES string of the molecule is CC(=O)Nc1ccccc1C(=O)Nc1ccc(N2CCN3CCC2CC3)cc1. The summed E-state index contributed by atoms with van der Waals surface area (Å²) in [6.45, 7) is 6.00. The second-order valence-corrected chi connectivity index (χ2v) is 7.49. The number of carbonyl (C=O) groups excluding carboxylic acids is 2. The van der Waals surface area contributed by atoms with E-state index in [9.17, 15) is 9.59 Å². The molecule has 3 saturated heterocycles. The number of nitrogens with one attached hydrogen (secondary N) is 2. The number of amides is 2. The fraction of sp³-hybridized carbons (Fsp3) is 0.364. The number of nitrogens with zero attached hydrogens (tertiary/aromatic N) is 2. The average molecular weight is 378 g/mol. The molecule has 146 valence electrons. The number of anilines is 3. The van der Waals surface area contributed by atoms with Crippen molar-refractivity contribution in [2.24, 2.45) is 0 Å². The second kappa shape index (κ2) is 8.02. The van der Waals surface area contributed by atoms with Crippen molar-refractivity contribution in [3.05, 3.63) is 54.1 Å². The molecule has 0 spiro atoms. The zero-order valence-corrected chi connectivity index (χ0v) is 16.1. The standard InChI is InChI=1S/C22H26N4O2/c1-16(27)23-21-5-3-2-4-20(21)22(28)24-17-6-8-18(9-7-17)26-15-14-25-12-10-19(26)11-13-25/h2-9,19H,10-15H2,1H3,(H,23,27)(H,24,28). The number of hydrogen-bond acceptors (Lipinski definition) is 4. The van der Waals surface area contributed by atoms with Gasteiger partial charge in [-0.3, -0.25) is 9.59 Å². The highest BCUT2D eigenvalue weighted by atomic mass is 16.2. The zero-order valence-electron chi connectivity index (χ0n) is 16.1. The lowest BCUT2D eigenvalue weighted by molar-refractivity contribution is -0.114. The van der Waals surface area contributed by atoms with Crippen molar-refractivity contribution >= 4 is 28.9 Å². The van der Waals surface area contributed by atoms with Gasteiger partial charge in [-0.05, 0) is 49.2 Å². The first-order valence-corrected chi connectivity index (χ1v) is 9.87. The minimum Gasteiger partial charge on any atom is -0.367 e. The highest BCUT2D eigenvalue weighted by Gasteiger charge is 2.29. The molecule has 2 aromatic rings. The normalized spacial score (nSPS) is 21.1. The van der Waals surface area contributed by atoms with Crippen molar-refractivity contribution in [2.75, 3.05) is 41.7 Å². The van der Waals surface area contributed by atoms with Crippen LogP contribution in [0.25, 0.3) is 0 Å². The molecule has 2 amide bonds. The number of piperidine rings is 1. The van der Waals surface area contributed by atoms with Gasteiger partial charge in [0.1, 0.15) is 0 Å². The first-order valence-electron chi connectivity index (χ1n) is 9.87. The Hall–Kier alpha value is -2.86. The molecule has 3 fully saturated rings. The molecular weight excluding hydrogens is 352 g/mol. The van der Waals surface area contributed by atoms with E-state index in [1.54, 1.807) is 24.3 Å². The van der Waals surface area contributed by atoms with Gasteiger partial charge >= 0.3 is 0 Å². The van der Waals surface area contributed by atoms with Gasteiger partial charge in [-0.2, -0.15) is 0 Å². The maximum atomic E-state index is 12.7. The molecule has 6 heteroatoms. The van der Waals surface area contributed by atoms with Gasteiger partial charge < -0.3 is 20.4 Å². The predicted molar refractivity (Wildman–Crippen MR) is 112 cm³/mol. The van der Waals surface area contributed by atoms with Gasteiger partial charge in [-0.25, -0.2) is 0 Å². The minimum atomic E-state index is -0.238. The molecule has 2 aromatic carbocycles. The van der Waals surface area contributed by atoms with Crippen LogP contribution in [0.1, 0.15) is 30.1 Å². The molecule has 0 saturated carbocycles. The van der Waals surface area contributed by atoms with E-state index < -0.39 is 0 Å². The van der Waals surface area contributed by atoms with Crippen LogP contribution in [0.15, 0.2) is 48.5 Å². The smallest absolute Gasteiger partial charge is 0.257 e. The van der Waals surface area contributed by atoms with E-state index in [1.807, 2.05) is 12.1 Å². The second-order valence-electron chi connectivity index (χ2n) is 7.49. The summed E-state index contributed by atoms with van der Waals surface area (Å²) in [6, 6.07) is 15.7. The Kier molecular flexibility index (Phi) is 5.30. The number of benzene rings is 2. The predicted octanol–water partition coefficient (Wildman–Crippen LogP) is 3.18. The molecule has 0 aliphatic carbocycles. The molecular formula is C22H26N4O2. The van der Waals surface area contributed by atoms with Crippen molar-refractivity contribution in [3.63, 3.8) is 0 Å². The Morgan fingerprint density at radius 3 is 2.32 bits per heavy atom. The fourth-order valence-electron chi connectivity index (χ4n) is 4.14. The lowest BCUT2D eigenvalue weighted by Crippen LogP contribution is -2.37. The number of para-hydroxylation sites is 1. The Labute approximate surface area is 165 Å². The van der Waals surface area contributed by atoms with Crippen molar-refractivity contribution in [1.82, 2.24) is 4.90 Å². The summed E-state index contributed by atoms with van der Waals surface area (Å²) in [4.78, 5) is 29.1. The van der Waals surface area contributed by atoms with Crippen molar-refractivity contribution in [1.29, 1.82) is 0 Å². The summed E-state index contributed by atoms with van der Waals surface area (Å²) >= 11 is 0. The topological polar surface area (TPSA) is 64.7 Å². The number of hydrogen-bond donors (Lipinski definition) is 2. The Morgan fingerprint density at radius 1 is 0.893 bits per heavy atom. The van der Waals surface area contributed by atoms with Crippen LogP contribution in [-0.2, 0) is 4.79 Å². The molecule has 3 aliphatic rings. The summed E-state index contributed by atoms with van der Waals surface area (Å²) in [5.41, 5.74) is 2.92. The third kappa shape index (κ3) is 4.02. The van der Waals surface area contributed by atoms with Crippen molar-refractivity contribution in [2.45, 2.75) is 25.8 Å². The van der Waals surface area contributed by atoms with E-state index >= 15 is 0 Å². The third-order valence-electron chi connectivity index (χ3n) is 5.59. The number of rotatable bonds is 4. The molecule has 2 bridgehead atoms. The van der Waals surface area contributed by atoms with Gasteiger partial charge in [0, 0.05) is 50.5 Å². The Morgan fingerprint density at radius 2 is 1.61 bits per heavy atom. The van der Waals surface area contributed by atoms with Gasteiger partial charge in [0.2, 0.25) is 5.91 Å². The quantitative estimate of drug-likeness (QED) is 0.858. The van der Waals surface area contributed by atoms with E-state index in [2.05, 4.69) is 32.6 Å². The monoisotopic (exact) mass is 378 g/mol. The molecule has 2 N–H and O–H groups in total. The third-order valence-corrected chi connectivity index (χ3v) is 5.59. The van der Waals surface area contributed by atoms with Gasteiger partial charge in [0.05, 0.1) is 11.3 Å². The van der Waals surface area contributed by atoms with E-state index in [0.29, 0.717) is 17.3 Å². The van der Waals surface area contributed by atoms with Crippen LogP contribution < -0.4 is 15.5 Å². The van der Waals surface area contributed by atoms with Gasteiger partial charge in [-0.1, -0.05) is 12.1 Å². The fourth-order valence-corrected chi connectivity index (χ4v) is 4.14. The van der Waals surface area contributed by atoms with E-state index in [4.69, 9.17) is 0 Å². The van der Waals surface area contributed by atoms with E-state index in [0.717, 1.165) is 18.8 Å². The molecule has 0 radical (unpaired) electrons. The van der Waals surface area contributed by atoms with Crippen molar-refractivity contribution in [3.8, 4) is 0 Å². The van der Waals surface area contributed by atoms with Crippen LogP contribution in [0.5, 0.6) is 0 Å². The van der Waals surface area contributed by atoms with Crippen LogP contribution in [0, 0.1) is 0 Å². The molecule has 3 aliphatic heterocycles. The highest BCUT2D eigenvalue weighted by molar-refractivity contribution is 6.09. The maximum Gasteiger partial charge on any atom is 0.257 e.